The summed E-state index contributed by atoms with van der Waals surface area (Å²) in [5.74, 6) is 0.743. The molecule has 3 heterocycles. The van der Waals surface area contributed by atoms with E-state index in [1.807, 2.05) is 9.30 Å². The number of nitrogens with zero attached hydrogens (tertiary/aromatic N) is 5. The van der Waals surface area contributed by atoms with Crippen molar-refractivity contribution in [2.24, 2.45) is 0 Å². The molecule has 17 heavy (non-hydrogen) atoms. The van der Waals surface area contributed by atoms with Gasteiger partial charge in [-0.2, -0.15) is 0 Å². The number of hydrogen-bond donors (Lipinski definition) is 1. The summed E-state index contributed by atoms with van der Waals surface area (Å²) in [6.45, 7) is 1.88. The molecule has 7 nitrogen and oxygen atoms in total. The second-order valence-corrected chi connectivity index (χ2v) is 3.92. The minimum Gasteiger partial charge on any atom is -0.394 e. The van der Waals surface area contributed by atoms with Crippen LogP contribution in [0.3, 0.4) is 0 Å². The highest BCUT2D eigenvalue weighted by molar-refractivity contribution is 5.63. The third-order valence-electron chi connectivity index (χ3n) is 2.91. The molecule has 0 amide bonds. The zero-order chi connectivity index (χ0) is 11.7. The topological polar surface area (TPSA) is 75.8 Å². The Morgan fingerprint density at radius 3 is 3.35 bits per heavy atom. The number of fused-ring (bicyclic) bond motifs is 1. The Hall–Kier alpha value is -1.73. The Morgan fingerprint density at radius 2 is 2.47 bits per heavy atom. The third-order valence-corrected chi connectivity index (χ3v) is 2.91. The van der Waals surface area contributed by atoms with Crippen molar-refractivity contribution in [1.82, 2.24) is 19.6 Å². The molecule has 1 saturated heterocycles. The lowest BCUT2D eigenvalue weighted by molar-refractivity contribution is 0.0724. The van der Waals surface area contributed by atoms with E-state index in [-0.39, 0.29) is 12.6 Å². The Bertz CT molecular complexity index is 514. The van der Waals surface area contributed by atoms with E-state index in [1.54, 1.807) is 18.7 Å². The number of ether oxygens (including phenoxy) is 1. The van der Waals surface area contributed by atoms with Gasteiger partial charge < -0.3 is 14.7 Å². The molecule has 0 aromatic carbocycles. The molecule has 90 valence electrons. The molecular formula is C10H13N5O2. The van der Waals surface area contributed by atoms with Gasteiger partial charge in [-0.15, -0.1) is 10.2 Å². The van der Waals surface area contributed by atoms with Crippen LogP contribution in [0.5, 0.6) is 0 Å². The molecule has 1 aliphatic heterocycles. The Balaban J connectivity index is 2.04. The molecule has 1 unspecified atom stereocenters. The van der Waals surface area contributed by atoms with Crippen LogP contribution < -0.4 is 4.90 Å². The van der Waals surface area contributed by atoms with Crippen molar-refractivity contribution in [2.45, 2.75) is 6.04 Å². The van der Waals surface area contributed by atoms with Gasteiger partial charge in [0.25, 0.3) is 0 Å². The van der Waals surface area contributed by atoms with Crippen LogP contribution in [0.2, 0.25) is 0 Å². The smallest absolute Gasteiger partial charge is 0.203 e. The normalized spacial score (nSPS) is 21.0. The summed E-state index contributed by atoms with van der Waals surface area (Å²) < 4.78 is 7.16. The monoisotopic (exact) mass is 235 g/mol. The molecule has 2 aromatic heterocycles. The zero-order valence-electron chi connectivity index (χ0n) is 9.23. The average Bonchev–Trinajstić information content (AvgIpc) is 2.86. The SMILES string of the molecule is OCC1COCCN1c1nccn2cnnc12. The standard InChI is InChI=1S/C10H13N5O2/c16-5-8-6-17-4-3-15(8)9-10-13-12-7-14(10)2-1-11-9/h1-2,7-8,16H,3-6H2. The molecule has 2 aromatic rings. The minimum absolute atomic E-state index is 0.0386. The van der Waals surface area contributed by atoms with Crippen LogP contribution in [0.25, 0.3) is 5.65 Å². The summed E-state index contributed by atoms with van der Waals surface area (Å²) in [6, 6.07) is -0.0702. The zero-order valence-corrected chi connectivity index (χ0v) is 9.23. The number of anilines is 1. The van der Waals surface area contributed by atoms with Crippen molar-refractivity contribution >= 4 is 11.5 Å². The lowest BCUT2D eigenvalue weighted by Crippen LogP contribution is -2.48. The number of aliphatic hydroxyl groups excluding tert-OH is 1. The molecule has 1 fully saturated rings. The van der Waals surface area contributed by atoms with Gasteiger partial charge in [-0.05, 0) is 0 Å². The first-order valence-corrected chi connectivity index (χ1v) is 5.50. The van der Waals surface area contributed by atoms with E-state index < -0.39 is 0 Å². The molecular weight excluding hydrogens is 222 g/mol. The molecule has 3 rings (SSSR count). The molecule has 0 saturated carbocycles. The average molecular weight is 235 g/mol. The first kappa shape index (κ1) is 10.4. The highest BCUT2D eigenvalue weighted by Crippen LogP contribution is 2.20. The van der Waals surface area contributed by atoms with Gasteiger partial charge >= 0.3 is 0 Å². The minimum atomic E-state index is -0.0702. The number of aliphatic hydroxyl groups is 1. The highest BCUT2D eigenvalue weighted by atomic mass is 16.5. The van der Waals surface area contributed by atoms with E-state index >= 15 is 0 Å². The highest BCUT2D eigenvalue weighted by Gasteiger charge is 2.25. The maximum Gasteiger partial charge on any atom is 0.203 e. The first-order chi connectivity index (χ1) is 8.40. The van der Waals surface area contributed by atoms with E-state index in [0.29, 0.717) is 25.4 Å². The van der Waals surface area contributed by atoms with Crippen LogP contribution in [0, 0.1) is 0 Å². The molecule has 1 atom stereocenters. The summed E-state index contributed by atoms with van der Waals surface area (Å²) in [6.07, 6.45) is 5.14. The van der Waals surface area contributed by atoms with E-state index in [1.165, 1.54) is 0 Å². The lowest BCUT2D eigenvalue weighted by atomic mass is 10.2. The van der Waals surface area contributed by atoms with Crippen LogP contribution >= 0.6 is 0 Å². The van der Waals surface area contributed by atoms with Crippen molar-refractivity contribution < 1.29 is 9.84 Å². The quantitative estimate of drug-likeness (QED) is 0.743. The Labute approximate surface area is 97.7 Å². The van der Waals surface area contributed by atoms with Crippen LogP contribution in [-0.4, -0.2) is 57.1 Å². The predicted octanol–water partition coefficient (Wildman–Crippen LogP) is -0.678. The van der Waals surface area contributed by atoms with E-state index in [2.05, 4.69) is 15.2 Å². The fraction of sp³-hybridized carbons (Fsp3) is 0.500. The second kappa shape index (κ2) is 4.27. The van der Waals surface area contributed by atoms with Crippen LogP contribution in [0.4, 0.5) is 5.82 Å². The van der Waals surface area contributed by atoms with Crippen molar-refractivity contribution in [1.29, 1.82) is 0 Å². The maximum atomic E-state index is 9.35. The molecule has 1 aliphatic rings. The van der Waals surface area contributed by atoms with Crippen molar-refractivity contribution in [3.05, 3.63) is 18.7 Å². The van der Waals surface area contributed by atoms with E-state index in [4.69, 9.17) is 4.74 Å². The maximum absolute atomic E-state index is 9.35. The molecule has 1 N–H and O–H groups in total. The van der Waals surface area contributed by atoms with Gasteiger partial charge in [0.05, 0.1) is 25.9 Å². The summed E-state index contributed by atoms with van der Waals surface area (Å²) in [7, 11) is 0. The molecule has 0 aliphatic carbocycles. The van der Waals surface area contributed by atoms with Crippen molar-refractivity contribution in [3.8, 4) is 0 Å². The van der Waals surface area contributed by atoms with Gasteiger partial charge in [-0.25, -0.2) is 4.98 Å². The molecule has 0 bridgehead atoms. The number of rotatable bonds is 2. The van der Waals surface area contributed by atoms with Gasteiger partial charge in [-0.1, -0.05) is 0 Å². The van der Waals surface area contributed by atoms with Gasteiger partial charge in [0.15, 0.2) is 5.82 Å². The predicted molar refractivity (Wildman–Crippen MR) is 59.8 cm³/mol. The second-order valence-electron chi connectivity index (χ2n) is 3.92. The summed E-state index contributed by atoms with van der Waals surface area (Å²) in [4.78, 5) is 6.36. The Kier molecular flexibility index (Phi) is 2.62. The summed E-state index contributed by atoms with van der Waals surface area (Å²) in [5.41, 5.74) is 0.702. The Morgan fingerprint density at radius 1 is 1.53 bits per heavy atom. The van der Waals surface area contributed by atoms with Crippen molar-refractivity contribution in [2.75, 3.05) is 31.3 Å². The lowest BCUT2D eigenvalue weighted by Gasteiger charge is -2.35. The summed E-state index contributed by atoms with van der Waals surface area (Å²) >= 11 is 0. The summed E-state index contributed by atoms with van der Waals surface area (Å²) in [5, 5.41) is 17.3. The van der Waals surface area contributed by atoms with E-state index in [9.17, 15) is 5.11 Å². The van der Waals surface area contributed by atoms with Gasteiger partial charge in [0, 0.05) is 18.9 Å². The fourth-order valence-corrected chi connectivity index (χ4v) is 2.03. The number of aromatic nitrogens is 4. The largest absolute Gasteiger partial charge is 0.394 e. The number of hydrogen-bond acceptors (Lipinski definition) is 6. The van der Waals surface area contributed by atoms with Crippen LogP contribution in [0.1, 0.15) is 0 Å². The first-order valence-electron chi connectivity index (χ1n) is 5.50. The molecule has 0 radical (unpaired) electrons. The fourth-order valence-electron chi connectivity index (χ4n) is 2.03. The van der Waals surface area contributed by atoms with Gasteiger partial charge in [0.1, 0.15) is 6.33 Å². The van der Waals surface area contributed by atoms with Crippen LogP contribution in [-0.2, 0) is 4.74 Å². The van der Waals surface area contributed by atoms with E-state index in [0.717, 1.165) is 5.82 Å². The molecule has 7 heteroatoms. The van der Waals surface area contributed by atoms with Gasteiger partial charge in [0.2, 0.25) is 5.65 Å². The van der Waals surface area contributed by atoms with Crippen molar-refractivity contribution in [3.63, 3.8) is 0 Å². The van der Waals surface area contributed by atoms with Crippen LogP contribution in [0.15, 0.2) is 18.7 Å². The third kappa shape index (κ3) is 1.73. The van der Waals surface area contributed by atoms with Gasteiger partial charge in [-0.3, -0.25) is 4.40 Å². The molecule has 0 spiro atoms. The number of morpholine rings is 1.